The zero-order valence-electron chi connectivity index (χ0n) is 14.5. The van der Waals surface area contributed by atoms with Crippen molar-refractivity contribution < 1.29 is 18.3 Å². The fourth-order valence-corrected chi connectivity index (χ4v) is 3.27. The molecule has 5 nitrogen and oxygen atoms in total. The molecule has 130 valence electrons. The van der Waals surface area contributed by atoms with Gasteiger partial charge < -0.3 is 10.1 Å². The van der Waals surface area contributed by atoms with Gasteiger partial charge in [0.25, 0.3) is 0 Å². The third kappa shape index (κ3) is 2.86. The van der Waals surface area contributed by atoms with Crippen LogP contribution in [0.15, 0.2) is 0 Å². The van der Waals surface area contributed by atoms with E-state index in [-0.39, 0.29) is 29.4 Å². The molecule has 2 unspecified atom stereocenters. The molecule has 0 aromatic carbocycles. The standard InChI is InChI=1S/C16H25F2N3O2/c1-9-11(10(2)21(20-9)14(17)18)7-13(22)19-12-8-16(5,23-6)15(12,3)4/h12,14H,7-8H2,1-6H3,(H,19,22). The molecule has 7 heteroatoms. The zero-order valence-corrected chi connectivity index (χ0v) is 14.5. The minimum atomic E-state index is -2.70. The number of hydrogen-bond donors (Lipinski definition) is 1. The smallest absolute Gasteiger partial charge is 0.333 e. The Hall–Kier alpha value is -1.50. The molecule has 1 aliphatic rings. The maximum Gasteiger partial charge on any atom is 0.333 e. The lowest BCUT2D eigenvalue weighted by atomic mass is 9.56. The van der Waals surface area contributed by atoms with Gasteiger partial charge in [0.05, 0.1) is 17.7 Å². The molecule has 1 saturated carbocycles. The number of nitrogens with zero attached hydrogens (tertiary/aromatic N) is 2. The summed E-state index contributed by atoms with van der Waals surface area (Å²) in [7, 11) is 1.67. The minimum absolute atomic E-state index is 0.00528. The molecule has 0 radical (unpaired) electrons. The first-order valence-corrected chi connectivity index (χ1v) is 7.70. The first kappa shape index (κ1) is 17.8. The quantitative estimate of drug-likeness (QED) is 0.904. The minimum Gasteiger partial charge on any atom is -0.378 e. The van der Waals surface area contributed by atoms with Gasteiger partial charge in [-0.25, -0.2) is 4.68 Å². The second-order valence-corrected chi connectivity index (χ2v) is 7.03. The van der Waals surface area contributed by atoms with Crippen LogP contribution in [-0.4, -0.2) is 34.4 Å². The molecule has 0 aliphatic heterocycles. The Bertz CT molecular complexity index is 613. The molecule has 23 heavy (non-hydrogen) atoms. The molecule has 1 aromatic heterocycles. The first-order valence-electron chi connectivity index (χ1n) is 7.70. The van der Waals surface area contributed by atoms with Gasteiger partial charge in [-0.2, -0.15) is 13.9 Å². The van der Waals surface area contributed by atoms with E-state index >= 15 is 0 Å². The van der Waals surface area contributed by atoms with Gasteiger partial charge in [-0.3, -0.25) is 4.79 Å². The zero-order chi connectivity index (χ0) is 17.6. The molecule has 1 fully saturated rings. The third-order valence-corrected chi connectivity index (χ3v) is 5.61. The topological polar surface area (TPSA) is 56.1 Å². The summed E-state index contributed by atoms with van der Waals surface area (Å²) in [6, 6.07) is 0.00528. The van der Waals surface area contributed by atoms with E-state index in [0.29, 0.717) is 21.6 Å². The lowest BCUT2D eigenvalue weighted by Gasteiger charge is -2.59. The summed E-state index contributed by atoms with van der Waals surface area (Å²) in [5, 5.41) is 6.80. The van der Waals surface area contributed by atoms with Gasteiger partial charge in [0.15, 0.2) is 0 Å². The maximum absolute atomic E-state index is 12.8. The maximum atomic E-state index is 12.8. The summed E-state index contributed by atoms with van der Waals surface area (Å²) in [4.78, 5) is 12.3. The third-order valence-electron chi connectivity index (χ3n) is 5.61. The number of aryl methyl sites for hydroxylation is 1. The van der Waals surface area contributed by atoms with Crippen LogP contribution < -0.4 is 5.32 Å². The van der Waals surface area contributed by atoms with Crippen LogP contribution in [0.25, 0.3) is 0 Å². The van der Waals surface area contributed by atoms with Crippen LogP contribution in [0, 0.1) is 19.3 Å². The Morgan fingerprint density at radius 1 is 1.43 bits per heavy atom. The monoisotopic (exact) mass is 329 g/mol. The van der Waals surface area contributed by atoms with Gasteiger partial charge in [0.2, 0.25) is 5.91 Å². The van der Waals surface area contributed by atoms with Crippen molar-refractivity contribution in [3.63, 3.8) is 0 Å². The van der Waals surface area contributed by atoms with E-state index in [4.69, 9.17) is 4.74 Å². The molecule has 1 aromatic rings. The highest BCUT2D eigenvalue weighted by atomic mass is 19.3. The highest BCUT2D eigenvalue weighted by molar-refractivity contribution is 5.79. The number of methoxy groups -OCH3 is 1. The SMILES string of the molecule is COC1(C)CC(NC(=O)Cc2c(C)nn(C(F)F)c2C)C1(C)C. The Balaban J connectivity index is 2.05. The van der Waals surface area contributed by atoms with E-state index in [9.17, 15) is 13.6 Å². The molecule has 1 amide bonds. The highest BCUT2D eigenvalue weighted by Crippen LogP contribution is 2.51. The summed E-state index contributed by atoms with van der Waals surface area (Å²) in [6.45, 7) is 6.63. The van der Waals surface area contributed by atoms with E-state index in [1.807, 2.05) is 6.92 Å². The van der Waals surface area contributed by atoms with Crippen molar-refractivity contribution in [2.45, 2.75) is 65.7 Å². The fraction of sp³-hybridized carbons (Fsp3) is 0.750. The summed E-state index contributed by atoms with van der Waals surface area (Å²) >= 11 is 0. The average Bonchev–Trinajstić information content (AvgIpc) is 2.74. The molecule has 2 atom stereocenters. The summed E-state index contributed by atoms with van der Waals surface area (Å²) < 4.78 is 31.9. The average molecular weight is 329 g/mol. The summed E-state index contributed by atoms with van der Waals surface area (Å²) in [5.74, 6) is -0.179. The van der Waals surface area contributed by atoms with Crippen LogP contribution in [0.4, 0.5) is 8.78 Å². The van der Waals surface area contributed by atoms with Crippen molar-refractivity contribution in [1.82, 2.24) is 15.1 Å². The summed E-state index contributed by atoms with van der Waals surface area (Å²) in [5.41, 5.74) is 0.913. The number of hydrogen-bond acceptors (Lipinski definition) is 3. The van der Waals surface area contributed by atoms with Gasteiger partial charge in [0.1, 0.15) is 0 Å². The molecule has 0 bridgehead atoms. The Morgan fingerprint density at radius 2 is 2.04 bits per heavy atom. The fourth-order valence-electron chi connectivity index (χ4n) is 3.27. The van der Waals surface area contributed by atoms with Crippen molar-refractivity contribution >= 4 is 5.91 Å². The van der Waals surface area contributed by atoms with E-state index < -0.39 is 6.55 Å². The second-order valence-electron chi connectivity index (χ2n) is 7.03. The molecule has 2 rings (SSSR count). The molecule has 1 N–H and O–H groups in total. The number of ether oxygens (including phenoxy) is 1. The van der Waals surface area contributed by atoms with E-state index in [1.54, 1.807) is 21.0 Å². The molecule has 1 heterocycles. The Kier molecular flexibility index (Phi) is 4.54. The normalized spacial score (nSPS) is 26.2. The number of alkyl halides is 2. The first-order chi connectivity index (χ1) is 10.5. The number of rotatable bonds is 5. The number of aromatic nitrogens is 2. The molecule has 1 aliphatic carbocycles. The van der Waals surface area contributed by atoms with Gasteiger partial charge >= 0.3 is 6.55 Å². The molecule has 0 saturated heterocycles. The van der Waals surface area contributed by atoms with Gasteiger partial charge in [-0.05, 0) is 27.2 Å². The predicted octanol–water partition coefficient (Wildman–Crippen LogP) is 2.76. The second kappa shape index (κ2) is 5.85. The number of carbonyl (C=O) groups is 1. The van der Waals surface area contributed by atoms with E-state index in [0.717, 1.165) is 6.42 Å². The van der Waals surface area contributed by atoms with Crippen molar-refractivity contribution in [3.8, 4) is 0 Å². The van der Waals surface area contributed by atoms with Gasteiger partial charge in [0, 0.05) is 29.8 Å². The molecule has 0 spiro atoms. The number of halogens is 2. The van der Waals surface area contributed by atoms with Crippen LogP contribution in [0.1, 0.15) is 50.7 Å². The number of nitrogens with one attached hydrogen (secondary N) is 1. The van der Waals surface area contributed by atoms with E-state index in [1.165, 1.54) is 0 Å². The van der Waals surface area contributed by atoms with Crippen molar-refractivity contribution in [2.75, 3.05) is 7.11 Å². The highest BCUT2D eigenvalue weighted by Gasteiger charge is 2.58. The van der Waals surface area contributed by atoms with Crippen molar-refractivity contribution in [3.05, 3.63) is 17.0 Å². The lowest BCUT2D eigenvalue weighted by Crippen LogP contribution is -2.68. The van der Waals surface area contributed by atoms with Crippen molar-refractivity contribution in [2.24, 2.45) is 5.41 Å². The summed E-state index contributed by atoms with van der Waals surface area (Å²) in [6.07, 6.45) is 0.789. The van der Waals surface area contributed by atoms with Crippen LogP contribution in [0.3, 0.4) is 0 Å². The van der Waals surface area contributed by atoms with Crippen molar-refractivity contribution in [1.29, 1.82) is 0 Å². The number of carbonyl (C=O) groups excluding carboxylic acids is 1. The largest absolute Gasteiger partial charge is 0.378 e. The van der Waals surface area contributed by atoms with Crippen LogP contribution in [0.2, 0.25) is 0 Å². The molecular weight excluding hydrogens is 304 g/mol. The van der Waals surface area contributed by atoms with Crippen LogP contribution >= 0.6 is 0 Å². The van der Waals surface area contributed by atoms with Crippen LogP contribution in [0.5, 0.6) is 0 Å². The lowest BCUT2D eigenvalue weighted by molar-refractivity contribution is -0.182. The predicted molar refractivity (Wildman–Crippen MR) is 82.4 cm³/mol. The van der Waals surface area contributed by atoms with Gasteiger partial charge in [-0.1, -0.05) is 13.8 Å². The molecular formula is C16H25F2N3O2. The Morgan fingerprint density at radius 3 is 2.48 bits per heavy atom. The Labute approximate surface area is 135 Å². The van der Waals surface area contributed by atoms with Gasteiger partial charge in [-0.15, -0.1) is 0 Å². The van der Waals surface area contributed by atoms with Crippen LogP contribution in [-0.2, 0) is 16.0 Å². The van der Waals surface area contributed by atoms with E-state index in [2.05, 4.69) is 24.3 Å². The number of amides is 1.